The van der Waals surface area contributed by atoms with Gasteiger partial charge in [-0.3, -0.25) is 0 Å². The molecular weight excluding hydrogens is 183 g/mol. The zero-order valence-electron chi connectivity index (χ0n) is 7.28. The Bertz CT molecular complexity index is 192. The van der Waals surface area contributed by atoms with Crippen LogP contribution in [0, 0.1) is 11.8 Å². The number of hydrogen-bond acceptors (Lipinski definition) is 2. The van der Waals surface area contributed by atoms with Gasteiger partial charge in [-0.2, -0.15) is 13.2 Å². The van der Waals surface area contributed by atoms with E-state index in [0.29, 0.717) is 13.0 Å². The summed E-state index contributed by atoms with van der Waals surface area (Å²) in [6.45, 7) is 1.54. The first kappa shape index (κ1) is 12.3. The summed E-state index contributed by atoms with van der Waals surface area (Å²) < 4.78 is 35.1. The quantitative estimate of drug-likeness (QED) is 0.516. The van der Waals surface area contributed by atoms with Gasteiger partial charge in [0.2, 0.25) is 0 Å². The van der Waals surface area contributed by atoms with Gasteiger partial charge in [0.1, 0.15) is 0 Å². The molecule has 0 bridgehead atoms. The third-order valence-electron chi connectivity index (χ3n) is 1.32. The normalized spacial score (nSPS) is 13.3. The molecule has 5 heteroatoms. The molecule has 0 fully saturated rings. The molecule has 0 saturated carbocycles. The van der Waals surface area contributed by atoms with Crippen molar-refractivity contribution in [3.05, 3.63) is 0 Å². The van der Waals surface area contributed by atoms with Crippen molar-refractivity contribution in [1.82, 2.24) is 5.32 Å². The summed E-state index contributed by atoms with van der Waals surface area (Å²) in [7, 11) is 0. The Morgan fingerprint density at radius 1 is 1.46 bits per heavy atom. The van der Waals surface area contributed by atoms with Crippen LogP contribution in [0.4, 0.5) is 13.2 Å². The molecule has 2 nitrogen and oxygen atoms in total. The lowest BCUT2D eigenvalue weighted by Gasteiger charge is -2.14. The number of alkyl halides is 3. The molecule has 2 N–H and O–H groups in total. The number of aliphatic hydroxyl groups excluding tert-OH is 1. The van der Waals surface area contributed by atoms with Gasteiger partial charge in [0, 0.05) is 19.5 Å². The van der Waals surface area contributed by atoms with E-state index in [1.54, 1.807) is 6.92 Å². The molecule has 0 spiro atoms. The minimum Gasteiger partial charge on any atom is -0.382 e. The topological polar surface area (TPSA) is 32.3 Å². The van der Waals surface area contributed by atoms with Crippen LogP contribution >= 0.6 is 0 Å². The molecule has 1 atom stereocenters. The van der Waals surface area contributed by atoms with Gasteiger partial charge in [-0.05, 0) is 6.92 Å². The predicted molar refractivity (Wildman–Crippen MR) is 43.0 cm³/mol. The van der Waals surface area contributed by atoms with Gasteiger partial charge < -0.3 is 10.4 Å². The summed E-state index contributed by atoms with van der Waals surface area (Å²) in [5.41, 5.74) is 0. The van der Waals surface area contributed by atoms with Crippen LogP contribution in [0.3, 0.4) is 0 Å². The number of aliphatic hydroxyl groups is 1. The largest absolute Gasteiger partial charge is 0.415 e. The Balaban J connectivity index is 3.46. The first-order valence-electron chi connectivity index (χ1n) is 3.83. The van der Waals surface area contributed by atoms with Crippen LogP contribution in [0.25, 0.3) is 0 Å². The van der Waals surface area contributed by atoms with Crippen LogP contribution in [-0.4, -0.2) is 30.5 Å². The van der Waals surface area contributed by atoms with Crippen molar-refractivity contribution in [3.63, 3.8) is 0 Å². The Morgan fingerprint density at radius 2 is 2.08 bits per heavy atom. The molecule has 0 aliphatic rings. The summed E-state index contributed by atoms with van der Waals surface area (Å²) in [6, 6.07) is 0. The van der Waals surface area contributed by atoms with E-state index in [9.17, 15) is 13.2 Å². The minimum absolute atomic E-state index is 0.355. The Kier molecular flexibility index (Phi) is 5.51. The van der Waals surface area contributed by atoms with E-state index < -0.39 is 18.8 Å². The molecule has 13 heavy (non-hydrogen) atoms. The third kappa shape index (κ3) is 6.43. The van der Waals surface area contributed by atoms with Crippen molar-refractivity contribution in [2.45, 2.75) is 25.6 Å². The fraction of sp³-hybridized carbons (Fsp3) is 0.750. The second-order valence-electron chi connectivity index (χ2n) is 2.44. The van der Waals surface area contributed by atoms with E-state index in [4.69, 9.17) is 5.11 Å². The lowest BCUT2D eigenvalue weighted by atomic mass is 10.3. The monoisotopic (exact) mass is 195 g/mol. The fourth-order valence-corrected chi connectivity index (χ4v) is 0.630. The molecule has 0 aromatic rings. The van der Waals surface area contributed by atoms with E-state index in [0.717, 1.165) is 0 Å². The maximum absolute atomic E-state index is 11.7. The second kappa shape index (κ2) is 5.84. The number of rotatable bonds is 4. The van der Waals surface area contributed by atoms with Crippen molar-refractivity contribution >= 4 is 0 Å². The zero-order valence-corrected chi connectivity index (χ0v) is 7.28. The summed E-state index contributed by atoms with van der Waals surface area (Å²) in [4.78, 5) is 0. The first-order valence-corrected chi connectivity index (χ1v) is 3.83. The van der Waals surface area contributed by atoms with Crippen LogP contribution in [0.2, 0.25) is 0 Å². The predicted octanol–water partition coefficient (Wildman–Crippen LogP) is 0.913. The Hall–Kier alpha value is -0.730. The van der Waals surface area contributed by atoms with Gasteiger partial charge in [-0.1, -0.05) is 0 Å². The molecule has 0 aliphatic heterocycles. The van der Waals surface area contributed by atoms with Crippen LogP contribution in [0.1, 0.15) is 13.3 Å². The molecule has 76 valence electrons. The number of hydrogen-bond donors (Lipinski definition) is 2. The van der Waals surface area contributed by atoms with Crippen LogP contribution < -0.4 is 5.32 Å². The SMILES string of the molecule is CC#CCCNCC(O)C(F)(F)F. The van der Waals surface area contributed by atoms with E-state index in [-0.39, 0.29) is 0 Å². The lowest BCUT2D eigenvalue weighted by Crippen LogP contribution is -2.38. The fourth-order valence-electron chi connectivity index (χ4n) is 0.630. The molecule has 0 rings (SSSR count). The van der Waals surface area contributed by atoms with E-state index in [1.165, 1.54) is 0 Å². The highest BCUT2D eigenvalue weighted by atomic mass is 19.4. The number of nitrogens with one attached hydrogen (secondary N) is 1. The summed E-state index contributed by atoms with van der Waals surface area (Å²) in [5, 5.41) is 11.0. The highest BCUT2D eigenvalue weighted by Gasteiger charge is 2.37. The Labute approximate surface area is 75.1 Å². The molecule has 0 aliphatic carbocycles. The summed E-state index contributed by atoms with van der Waals surface area (Å²) in [6.07, 6.45) is -6.34. The Morgan fingerprint density at radius 3 is 2.54 bits per heavy atom. The van der Waals surface area contributed by atoms with Gasteiger partial charge in [0.05, 0.1) is 0 Å². The smallest absolute Gasteiger partial charge is 0.382 e. The molecule has 0 saturated heterocycles. The lowest BCUT2D eigenvalue weighted by molar-refractivity contribution is -0.201. The van der Waals surface area contributed by atoms with Crippen LogP contribution in [0.15, 0.2) is 0 Å². The molecule has 0 aromatic carbocycles. The van der Waals surface area contributed by atoms with Gasteiger partial charge >= 0.3 is 6.18 Å². The van der Waals surface area contributed by atoms with E-state index in [2.05, 4.69) is 17.2 Å². The summed E-state index contributed by atoms with van der Waals surface area (Å²) in [5.74, 6) is 5.30. The standard InChI is InChI=1S/C8H12F3NO/c1-2-3-4-5-12-6-7(13)8(9,10)11/h7,12-13H,4-6H2,1H3. The molecule has 1 unspecified atom stereocenters. The average Bonchev–Trinajstić information content (AvgIpc) is 2.02. The zero-order chi connectivity index (χ0) is 10.3. The second-order valence-corrected chi connectivity index (χ2v) is 2.44. The summed E-state index contributed by atoms with van der Waals surface area (Å²) >= 11 is 0. The van der Waals surface area contributed by atoms with Crippen molar-refractivity contribution in [2.75, 3.05) is 13.1 Å². The highest BCUT2D eigenvalue weighted by molar-refractivity contribution is 4.95. The minimum atomic E-state index is -4.54. The maximum Gasteiger partial charge on any atom is 0.415 e. The van der Waals surface area contributed by atoms with E-state index >= 15 is 0 Å². The highest BCUT2D eigenvalue weighted by Crippen LogP contribution is 2.18. The van der Waals surface area contributed by atoms with Crippen molar-refractivity contribution in [3.8, 4) is 11.8 Å². The van der Waals surface area contributed by atoms with Crippen molar-refractivity contribution in [2.24, 2.45) is 0 Å². The molecule has 0 radical (unpaired) electrons. The van der Waals surface area contributed by atoms with Gasteiger partial charge in [-0.15, -0.1) is 11.8 Å². The van der Waals surface area contributed by atoms with Gasteiger partial charge in [0.25, 0.3) is 0 Å². The van der Waals surface area contributed by atoms with Crippen molar-refractivity contribution in [1.29, 1.82) is 0 Å². The van der Waals surface area contributed by atoms with E-state index in [1.807, 2.05) is 0 Å². The molecular formula is C8H12F3NO. The third-order valence-corrected chi connectivity index (χ3v) is 1.32. The maximum atomic E-state index is 11.7. The van der Waals surface area contributed by atoms with Crippen molar-refractivity contribution < 1.29 is 18.3 Å². The van der Waals surface area contributed by atoms with Crippen LogP contribution in [0.5, 0.6) is 0 Å². The molecule has 0 aromatic heterocycles. The first-order chi connectivity index (χ1) is 5.98. The molecule has 0 heterocycles. The van der Waals surface area contributed by atoms with Crippen LogP contribution in [-0.2, 0) is 0 Å². The average molecular weight is 195 g/mol. The number of halogens is 3. The van der Waals surface area contributed by atoms with Gasteiger partial charge in [0.15, 0.2) is 6.10 Å². The molecule has 0 amide bonds. The van der Waals surface area contributed by atoms with Gasteiger partial charge in [-0.25, -0.2) is 0 Å².